The normalized spacial score (nSPS) is 14.7. The summed E-state index contributed by atoms with van der Waals surface area (Å²) >= 11 is 1.45. The predicted octanol–water partition coefficient (Wildman–Crippen LogP) is 3.58. The van der Waals surface area contributed by atoms with Crippen LogP contribution in [-0.2, 0) is 4.79 Å². The van der Waals surface area contributed by atoms with E-state index in [1.54, 1.807) is 12.1 Å². The molecule has 1 saturated heterocycles. The second kappa shape index (κ2) is 8.63. The third-order valence-electron chi connectivity index (χ3n) is 5.05. The molecule has 1 aliphatic rings. The van der Waals surface area contributed by atoms with Crippen LogP contribution in [-0.4, -0.2) is 53.6 Å². The minimum absolute atomic E-state index is 0.0344. The van der Waals surface area contributed by atoms with Crippen molar-refractivity contribution in [3.05, 3.63) is 59.5 Å². The van der Waals surface area contributed by atoms with E-state index in [4.69, 9.17) is 0 Å². The number of phenols is 1. The molecular formula is C22H24N4O2S. The van der Waals surface area contributed by atoms with Crippen LogP contribution in [0.5, 0.6) is 5.75 Å². The highest BCUT2D eigenvalue weighted by Gasteiger charge is 2.19. The fourth-order valence-corrected chi connectivity index (χ4v) is 4.11. The molecule has 7 heteroatoms. The number of thiazole rings is 1. The lowest BCUT2D eigenvalue weighted by atomic mass is 10.1. The van der Waals surface area contributed by atoms with Gasteiger partial charge in [0.25, 0.3) is 0 Å². The molecule has 0 radical (unpaired) electrons. The first-order valence-corrected chi connectivity index (χ1v) is 10.5. The average molecular weight is 409 g/mol. The van der Waals surface area contributed by atoms with Gasteiger partial charge in [0, 0.05) is 42.8 Å². The molecule has 1 amide bonds. The van der Waals surface area contributed by atoms with Crippen molar-refractivity contribution in [3.63, 3.8) is 0 Å². The third kappa shape index (κ3) is 4.93. The molecule has 0 atom stereocenters. The summed E-state index contributed by atoms with van der Waals surface area (Å²) in [4.78, 5) is 21.4. The van der Waals surface area contributed by atoms with Crippen LogP contribution >= 0.6 is 11.3 Å². The number of hydrogen-bond acceptors (Lipinski definition) is 6. The molecule has 1 aromatic heterocycles. The monoisotopic (exact) mass is 408 g/mol. The SMILES string of the molecule is Cc1ccc(-c2csc(NC(=O)CN3CCN(c4ccc(O)cc4)CC3)n2)cc1. The van der Waals surface area contributed by atoms with Crippen LogP contribution < -0.4 is 10.2 Å². The van der Waals surface area contributed by atoms with Gasteiger partial charge in [0.1, 0.15) is 5.75 Å². The first-order valence-electron chi connectivity index (χ1n) is 9.65. The third-order valence-corrected chi connectivity index (χ3v) is 5.81. The lowest BCUT2D eigenvalue weighted by molar-refractivity contribution is -0.117. The van der Waals surface area contributed by atoms with Gasteiger partial charge in [-0.1, -0.05) is 29.8 Å². The van der Waals surface area contributed by atoms with Crippen molar-refractivity contribution >= 4 is 28.1 Å². The molecular weight excluding hydrogens is 384 g/mol. The number of aromatic hydroxyl groups is 1. The van der Waals surface area contributed by atoms with Crippen molar-refractivity contribution in [2.75, 3.05) is 42.9 Å². The minimum atomic E-state index is -0.0344. The van der Waals surface area contributed by atoms with Crippen molar-refractivity contribution in [1.29, 1.82) is 0 Å². The first-order chi connectivity index (χ1) is 14.1. The van der Waals surface area contributed by atoms with Gasteiger partial charge in [-0.05, 0) is 31.2 Å². The quantitative estimate of drug-likeness (QED) is 0.675. The van der Waals surface area contributed by atoms with Gasteiger partial charge >= 0.3 is 0 Å². The van der Waals surface area contributed by atoms with Crippen LogP contribution in [0.2, 0.25) is 0 Å². The molecule has 0 bridgehead atoms. The Bertz CT molecular complexity index is 961. The molecule has 150 valence electrons. The summed E-state index contributed by atoms with van der Waals surface area (Å²) in [7, 11) is 0. The summed E-state index contributed by atoms with van der Waals surface area (Å²) in [6.07, 6.45) is 0. The van der Waals surface area contributed by atoms with E-state index in [9.17, 15) is 9.90 Å². The zero-order valence-corrected chi connectivity index (χ0v) is 17.2. The molecule has 0 saturated carbocycles. The summed E-state index contributed by atoms with van der Waals surface area (Å²) in [5.41, 5.74) is 4.24. The smallest absolute Gasteiger partial charge is 0.240 e. The molecule has 6 nitrogen and oxygen atoms in total. The molecule has 0 spiro atoms. The number of aromatic nitrogens is 1. The number of aryl methyl sites for hydroxylation is 1. The molecule has 4 rings (SSSR count). The van der Waals surface area contributed by atoms with Gasteiger partial charge in [0.15, 0.2) is 5.13 Å². The molecule has 2 aromatic carbocycles. The van der Waals surface area contributed by atoms with Crippen LogP contribution in [0.25, 0.3) is 11.3 Å². The van der Waals surface area contributed by atoms with E-state index >= 15 is 0 Å². The zero-order valence-electron chi connectivity index (χ0n) is 16.3. The maximum Gasteiger partial charge on any atom is 0.240 e. The number of hydrogen-bond donors (Lipinski definition) is 2. The van der Waals surface area contributed by atoms with Crippen LogP contribution in [0.1, 0.15) is 5.56 Å². The minimum Gasteiger partial charge on any atom is -0.508 e. The topological polar surface area (TPSA) is 68.7 Å². The average Bonchev–Trinajstić information content (AvgIpc) is 3.18. The summed E-state index contributed by atoms with van der Waals surface area (Å²) in [6.45, 7) is 5.77. The van der Waals surface area contributed by atoms with Crippen LogP contribution in [0.15, 0.2) is 53.9 Å². The molecule has 29 heavy (non-hydrogen) atoms. The summed E-state index contributed by atoms with van der Waals surface area (Å²) < 4.78 is 0. The zero-order chi connectivity index (χ0) is 20.2. The fraction of sp³-hybridized carbons (Fsp3) is 0.273. The van der Waals surface area contributed by atoms with Gasteiger partial charge in [-0.3, -0.25) is 9.69 Å². The molecule has 3 aromatic rings. The van der Waals surface area contributed by atoms with E-state index in [0.717, 1.165) is 43.1 Å². The second-order valence-electron chi connectivity index (χ2n) is 7.23. The lowest BCUT2D eigenvalue weighted by Crippen LogP contribution is -2.48. The van der Waals surface area contributed by atoms with Crippen LogP contribution in [0.3, 0.4) is 0 Å². The van der Waals surface area contributed by atoms with Crippen molar-refractivity contribution in [3.8, 4) is 17.0 Å². The Kier molecular flexibility index (Phi) is 5.78. The van der Waals surface area contributed by atoms with E-state index in [1.165, 1.54) is 16.9 Å². The molecule has 1 aliphatic heterocycles. The maximum atomic E-state index is 12.4. The van der Waals surface area contributed by atoms with Gasteiger partial charge in [-0.2, -0.15) is 0 Å². The van der Waals surface area contributed by atoms with E-state index in [2.05, 4.69) is 39.2 Å². The van der Waals surface area contributed by atoms with Crippen molar-refractivity contribution in [2.45, 2.75) is 6.92 Å². The lowest BCUT2D eigenvalue weighted by Gasteiger charge is -2.35. The highest BCUT2D eigenvalue weighted by atomic mass is 32.1. The van der Waals surface area contributed by atoms with E-state index in [1.807, 2.05) is 29.6 Å². The maximum absolute atomic E-state index is 12.4. The second-order valence-corrected chi connectivity index (χ2v) is 8.09. The Balaban J connectivity index is 1.27. The summed E-state index contributed by atoms with van der Waals surface area (Å²) in [6, 6.07) is 15.5. The Labute approximate surface area is 174 Å². The number of anilines is 2. The molecule has 0 aliphatic carbocycles. The summed E-state index contributed by atoms with van der Waals surface area (Å²) in [5.74, 6) is 0.240. The van der Waals surface area contributed by atoms with Gasteiger partial charge in [0.05, 0.1) is 12.2 Å². The first kappa shape index (κ1) is 19.4. The van der Waals surface area contributed by atoms with E-state index in [0.29, 0.717) is 11.7 Å². The highest BCUT2D eigenvalue weighted by molar-refractivity contribution is 7.14. The van der Waals surface area contributed by atoms with Crippen molar-refractivity contribution in [1.82, 2.24) is 9.88 Å². The number of nitrogens with zero attached hydrogens (tertiary/aromatic N) is 3. The molecule has 2 heterocycles. The molecule has 0 unspecified atom stereocenters. The standard InChI is InChI=1S/C22H24N4O2S/c1-16-2-4-17(5-3-16)20-15-29-22(23-20)24-21(28)14-25-10-12-26(13-11-25)18-6-8-19(27)9-7-18/h2-9,15,27H,10-14H2,1H3,(H,23,24,28). The largest absolute Gasteiger partial charge is 0.508 e. The van der Waals surface area contributed by atoms with Gasteiger partial charge in [-0.25, -0.2) is 4.98 Å². The highest BCUT2D eigenvalue weighted by Crippen LogP contribution is 2.25. The van der Waals surface area contributed by atoms with Crippen molar-refractivity contribution in [2.24, 2.45) is 0 Å². The number of rotatable bonds is 5. The Morgan fingerprint density at radius 2 is 1.76 bits per heavy atom. The van der Waals surface area contributed by atoms with Crippen LogP contribution in [0.4, 0.5) is 10.8 Å². The summed E-state index contributed by atoms with van der Waals surface area (Å²) in [5, 5.41) is 14.9. The number of carbonyl (C=O) groups is 1. The number of carbonyl (C=O) groups excluding carboxylic acids is 1. The number of piperazine rings is 1. The van der Waals surface area contributed by atoms with Gasteiger partial charge < -0.3 is 15.3 Å². The fourth-order valence-electron chi connectivity index (χ4n) is 3.38. The van der Waals surface area contributed by atoms with E-state index in [-0.39, 0.29) is 11.7 Å². The number of phenolic OH excluding ortho intramolecular Hbond substituents is 1. The van der Waals surface area contributed by atoms with Gasteiger partial charge in [-0.15, -0.1) is 11.3 Å². The van der Waals surface area contributed by atoms with Gasteiger partial charge in [0.2, 0.25) is 5.91 Å². The Hall–Kier alpha value is -2.90. The number of nitrogens with one attached hydrogen (secondary N) is 1. The molecule has 1 fully saturated rings. The predicted molar refractivity (Wildman–Crippen MR) is 118 cm³/mol. The van der Waals surface area contributed by atoms with E-state index < -0.39 is 0 Å². The molecule has 2 N–H and O–H groups in total. The van der Waals surface area contributed by atoms with Crippen LogP contribution in [0, 0.1) is 6.92 Å². The Morgan fingerprint density at radius 3 is 2.45 bits per heavy atom. The number of amides is 1. The van der Waals surface area contributed by atoms with Crippen molar-refractivity contribution < 1.29 is 9.90 Å². The Morgan fingerprint density at radius 1 is 1.07 bits per heavy atom. The number of benzene rings is 2.